The van der Waals surface area contributed by atoms with Crippen molar-refractivity contribution in [3.63, 3.8) is 0 Å². The third kappa shape index (κ3) is 6.37. The van der Waals surface area contributed by atoms with E-state index in [-0.39, 0.29) is 19.8 Å². The van der Waals surface area contributed by atoms with E-state index in [1.165, 1.54) is 0 Å². The van der Waals surface area contributed by atoms with Crippen LogP contribution in [0.1, 0.15) is 29.7 Å². The SMILES string of the molecule is CCO[C@H](C(=O)N1C(=O)OC[C@@H]1Cc1ccccc1)[C@H](O)c1ccc(-c2cccc(CNC(=O)O)c2)cc1. The highest BCUT2D eigenvalue weighted by molar-refractivity contribution is 5.96. The van der Waals surface area contributed by atoms with Gasteiger partial charge in [-0.1, -0.05) is 72.8 Å². The number of aliphatic hydroxyl groups is 1. The van der Waals surface area contributed by atoms with Gasteiger partial charge in [-0.25, -0.2) is 14.5 Å². The molecule has 3 amide bonds. The predicted octanol–water partition coefficient (Wildman–Crippen LogP) is 4.15. The van der Waals surface area contributed by atoms with E-state index < -0.39 is 36.3 Å². The van der Waals surface area contributed by atoms with Crippen molar-refractivity contribution < 1.29 is 34.1 Å². The number of carboxylic acid groups (broad SMARTS) is 1. The van der Waals surface area contributed by atoms with Crippen LogP contribution in [0, 0.1) is 0 Å². The molecule has 0 bridgehead atoms. The maximum Gasteiger partial charge on any atom is 0.417 e. The van der Waals surface area contributed by atoms with Gasteiger partial charge in [0.15, 0.2) is 6.10 Å². The molecule has 3 atom stereocenters. The molecule has 4 rings (SSSR count). The average molecular weight is 519 g/mol. The number of rotatable bonds is 10. The summed E-state index contributed by atoms with van der Waals surface area (Å²) in [6.07, 6.45) is -4.02. The molecule has 0 aromatic heterocycles. The van der Waals surface area contributed by atoms with Crippen LogP contribution < -0.4 is 5.32 Å². The van der Waals surface area contributed by atoms with Gasteiger partial charge >= 0.3 is 12.2 Å². The van der Waals surface area contributed by atoms with E-state index >= 15 is 0 Å². The number of hydrogen-bond acceptors (Lipinski definition) is 6. The van der Waals surface area contributed by atoms with Crippen LogP contribution in [0.4, 0.5) is 9.59 Å². The number of hydrogen-bond donors (Lipinski definition) is 3. The van der Waals surface area contributed by atoms with Crippen LogP contribution in [0.3, 0.4) is 0 Å². The zero-order valence-electron chi connectivity index (χ0n) is 20.9. The van der Waals surface area contributed by atoms with Gasteiger partial charge in [-0.2, -0.15) is 0 Å². The number of nitrogens with zero attached hydrogens (tertiary/aromatic N) is 1. The molecule has 3 N–H and O–H groups in total. The van der Waals surface area contributed by atoms with E-state index in [4.69, 9.17) is 14.6 Å². The van der Waals surface area contributed by atoms with Gasteiger partial charge in [0.2, 0.25) is 0 Å². The Hall–Kier alpha value is -4.21. The summed E-state index contributed by atoms with van der Waals surface area (Å²) in [6, 6.07) is 23.4. The second-order valence-electron chi connectivity index (χ2n) is 8.93. The molecule has 1 heterocycles. The number of cyclic esters (lactones) is 1. The van der Waals surface area contributed by atoms with Crippen molar-refractivity contribution >= 4 is 18.1 Å². The van der Waals surface area contributed by atoms with Crippen molar-refractivity contribution in [2.24, 2.45) is 0 Å². The lowest BCUT2D eigenvalue weighted by Crippen LogP contribution is -2.48. The van der Waals surface area contributed by atoms with E-state index in [0.717, 1.165) is 27.2 Å². The van der Waals surface area contributed by atoms with Crippen LogP contribution in [-0.2, 0) is 27.2 Å². The van der Waals surface area contributed by atoms with Crippen molar-refractivity contribution in [3.05, 3.63) is 95.6 Å². The van der Waals surface area contributed by atoms with Crippen LogP contribution in [-0.4, -0.2) is 58.6 Å². The normalized spacial score (nSPS) is 16.5. The van der Waals surface area contributed by atoms with E-state index in [9.17, 15) is 19.5 Å². The molecular weight excluding hydrogens is 488 g/mol. The first-order chi connectivity index (χ1) is 18.4. The van der Waals surface area contributed by atoms with Crippen LogP contribution in [0.15, 0.2) is 78.9 Å². The summed E-state index contributed by atoms with van der Waals surface area (Å²) in [5.74, 6) is -0.648. The summed E-state index contributed by atoms with van der Waals surface area (Å²) in [7, 11) is 0. The van der Waals surface area contributed by atoms with Crippen LogP contribution in [0.2, 0.25) is 0 Å². The molecular formula is C29H30N2O7. The summed E-state index contributed by atoms with van der Waals surface area (Å²) >= 11 is 0. The van der Waals surface area contributed by atoms with Crippen LogP contribution in [0.25, 0.3) is 11.1 Å². The highest BCUT2D eigenvalue weighted by Gasteiger charge is 2.43. The van der Waals surface area contributed by atoms with Gasteiger partial charge < -0.3 is 25.0 Å². The number of benzene rings is 3. The third-order valence-electron chi connectivity index (χ3n) is 6.35. The van der Waals surface area contributed by atoms with Crippen molar-refractivity contribution in [1.29, 1.82) is 0 Å². The molecule has 1 aliphatic heterocycles. The molecule has 0 saturated carbocycles. The second kappa shape index (κ2) is 12.4. The number of carbonyl (C=O) groups is 3. The monoisotopic (exact) mass is 518 g/mol. The van der Waals surface area contributed by atoms with Gasteiger partial charge in [0, 0.05) is 13.2 Å². The molecule has 0 spiro atoms. The molecule has 38 heavy (non-hydrogen) atoms. The van der Waals surface area contributed by atoms with Gasteiger partial charge in [-0.05, 0) is 47.2 Å². The molecule has 0 radical (unpaired) electrons. The Morgan fingerprint density at radius 3 is 2.42 bits per heavy atom. The first-order valence-electron chi connectivity index (χ1n) is 12.4. The molecule has 3 aromatic rings. The lowest BCUT2D eigenvalue weighted by Gasteiger charge is -2.28. The molecule has 0 aliphatic carbocycles. The summed E-state index contributed by atoms with van der Waals surface area (Å²) < 4.78 is 10.8. The van der Waals surface area contributed by atoms with Gasteiger partial charge in [0.25, 0.3) is 5.91 Å². The highest BCUT2D eigenvalue weighted by atomic mass is 16.6. The third-order valence-corrected chi connectivity index (χ3v) is 6.35. The zero-order chi connectivity index (χ0) is 27.1. The molecule has 1 fully saturated rings. The summed E-state index contributed by atoms with van der Waals surface area (Å²) in [5.41, 5.74) is 3.94. The Bertz CT molecular complexity index is 1260. The molecule has 3 aromatic carbocycles. The lowest BCUT2D eigenvalue weighted by atomic mass is 9.97. The van der Waals surface area contributed by atoms with Crippen LogP contribution in [0.5, 0.6) is 0 Å². The standard InChI is InChI=1S/C29H30N2O7/c1-2-37-26(27(33)31-24(18-38-29(31)36)16-19-7-4-3-5-8-19)25(32)22-13-11-21(12-14-22)23-10-6-9-20(15-23)17-30-28(34)35/h3-15,24-26,30,32H,2,16-18H2,1H3,(H,34,35)/t24-,25+,26-/m0/s1. The van der Waals surface area contributed by atoms with Crippen molar-refractivity contribution in [2.45, 2.75) is 38.1 Å². The molecule has 9 heteroatoms. The van der Waals surface area contributed by atoms with E-state index in [0.29, 0.717) is 12.0 Å². The van der Waals surface area contributed by atoms with Crippen molar-refractivity contribution in [1.82, 2.24) is 10.2 Å². The van der Waals surface area contributed by atoms with Gasteiger partial charge in [-0.3, -0.25) is 4.79 Å². The van der Waals surface area contributed by atoms with E-state index in [1.54, 1.807) is 31.2 Å². The minimum absolute atomic E-state index is 0.0736. The number of amides is 3. The van der Waals surface area contributed by atoms with Crippen molar-refractivity contribution in [3.8, 4) is 11.1 Å². The quantitative estimate of drug-likeness (QED) is 0.368. The number of carbonyl (C=O) groups excluding carboxylic acids is 2. The summed E-state index contributed by atoms with van der Waals surface area (Å²) in [4.78, 5) is 37.8. The molecule has 1 saturated heterocycles. The molecule has 9 nitrogen and oxygen atoms in total. The zero-order valence-corrected chi connectivity index (χ0v) is 20.9. The fraction of sp³-hybridized carbons (Fsp3) is 0.276. The fourth-order valence-electron chi connectivity index (χ4n) is 4.47. The van der Waals surface area contributed by atoms with Gasteiger partial charge in [0.05, 0.1) is 6.04 Å². The minimum Gasteiger partial charge on any atom is -0.465 e. The Morgan fingerprint density at radius 1 is 1.03 bits per heavy atom. The van der Waals surface area contributed by atoms with E-state index in [1.807, 2.05) is 54.6 Å². The maximum atomic E-state index is 13.5. The Labute approximate surface area is 220 Å². The average Bonchev–Trinajstić information content (AvgIpc) is 3.30. The van der Waals surface area contributed by atoms with E-state index in [2.05, 4.69) is 5.32 Å². The van der Waals surface area contributed by atoms with Crippen LogP contribution >= 0.6 is 0 Å². The summed E-state index contributed by atoms with van der Waals surface area (Å²) in [5, 5.41) is 22.3. The minimum atomic E-state index is -1.31. The largest absolute Gasteiger partial charge is 0.465 e. The maximum absolute atomic E-state index is 13.5. The summed E-state index contributed by atoms with van der Waals surface area (Å²) in [6.45, 7) is 2.13. The molecule has 198 valence electrons. The molecule has 1 aliphatic rings. The second-order valence-corrected chi connectivity index (χ2v) is 8.93. The Balaban J connectivity index is 1.50. The first kappa shape index (κ1) is 26.8. The van der Waals surface area contributed by atoms with Gasteiger partial charge in [-0.15, -0.1) is 0 Å². The fourth-order valence-corrected chi connectivity index (χ4v) is 4.47. The highest BCUT2D eigenvalue weighted by Crippen LogP contribution is 2.28. The smallest absolute Gasteiger partial charge is 0.417 e. The lowest BCUT2D eigenvalue weighted by molar-refractivity contribution is -0.149. The number of aliphatic hydroxyl groups excluding tert-OH is 1. The van der Waals surface area contributed by atoms with Crippen molar-refractivity contribution in [2.75, 3.05) is 13.2 Å². The predicted molar refractivity (Wildman–Crippen MR) is 139 cm³/mol. The topological polar surface area (TPSA) is 125 Å². The Morgan fingerprint density at radius 2 is 1.74 bits per heavy atom. The first-order valence-corrected chi connectivity index (χ1v) is 12.4. The Kier molecular flexibility index (Phi) is 8.73. The molecule has 0 unspecified atom stereocenters. The van der Waals surface area contributed by atoms with Gasteiger partial charge in [0.1, 0.15) is 12.7 Å². The number of ether oxygens (including phenoxy) is 2. The number of imide groups is 1. The number of nitrogens with one attached hydrogen (secondary N) is 1.